The van der Waals surface area contributed by atoms with Crippen molar-refractivity contribution in [3.63, 3.8) is 0 Å². The van der Waals surface area contributed by atoms with E-state index in [-0.39, 0.29) is 0 Å². The van der Waals surface area contributed by atoms with E-state index in [0.29, 0.717) is 0 Å². The standard InChI is InChI=1S/C6H8S.2C5H6O.2C5H6S.3C4H5NO.4C4H5NS.11C2H6/c1-5-3-4-6(2)7-5;1-5-2-3-6-4-5;1-5-3-2-4-6-5;1-5-2-3-6-4-5;1-5-3-2-4-6-5;1-4-2-6-3-5-4;1-4-2-5-3-6-4;1-4-5-2-3-6-4;1-4-2-6-3-5-4;1-4-2-5-3-6-4;1-4-5-2-3-6-4;1-4-2-3-5-6-4;11*1-2/h3-4H,1-2H3;4*2-4H,1H3;7*2-3H,1H3;11*1-2H3. The van der Waals surface area contributed by atoms with E-state index < -0.39 is 0 Å². The molecular formula is C76H133N7O5S7. The molecule has 0 saturated carbocycles. The molecule has 0 aliphatic carbocycles. The van der Waals surface area contributed by atoms with Crippen LogP contribution in [0, 0.1) is 90.0 Å². The first-order valence-corrected chi connectivity index (χ1v) is 39.2. The number of hydrogen-bond donors (Lipinski definition) is 0. The van der Waals surface area contributed by atoms with Crippen LogP contribution in [-0.2, 0) is 0 Å². The van der Waals surface area contributed by atoms with Gasteiger partial charge in [-0.1, -0.05) is 158 Å². The van der Waals surface area contributed by atoms with Gasteiger partial charge < -0.3 is 22.1 Å². The highest BCUT2D eigenvalue weighted by Crippen LogP contribution is 2.12. The van der Waals surface area contributed by atoms with Crippen LogP contribution in [0.2, 0.25) is 0 Å². The van der Waals surface area contributed by atoms with Gasteiger partial charge in [0.1, 0.15) is 24.0 Å². The van der Waals surface area contributed by atoms with Gasteiger partial charge in [0.2, 0.25) is 0 Å². The van der Waals surface area contributed by atoms with Gasteiger partial charge >= 0.3 is 0 Å². The van der Waals surface area contributed by atoms with Crippen LogP contribution in [0.4, 0.5) is 0 Å². The summed E-state index contributed by atoms with van der Waals surface area (Å²) in [7, 11) is 0. The highest BCUT2D eigenvalue weighted by Gasteiger charge is 1.85. The summed E-state index contributed by atoms with van der Waals surface area (Å²) in [6, 6.07) is 18.2. The molecule has 544 valence electrons. The summed E-state index contributed by atoms with van der Waals surface area (Å²) in [5.41, 5.74) is 8.23. The minimum absolute atomic E-state index is 0.718. The maximum absolute atomic E-state index is 4.83. The van der Waals surface area contributed by atoms with Crippen molar-refractivity contribution in [2.45, 2.75) is 242 Å². The van der Waals surface area contributed by atoms with Gasteiger partial charge in [0, 0.05) is 66.4 Å². The van der Waals surface area contributed by atoms with E-state index in [9.17, 15) is 0 Å². The van der Waals surface area contributed by atoms with Crippen molar-refractivity contribution in [2.24, 2.45) is 0 Å². The Kier molecular flexibility index (Phi) is 124. The summed E-state index contributed by atoms with van der Waals surface area (Å²) < 4.78 is 27.5. The zero-order valence-electron chi connectivity index (χ0n) is 65.7. The minimum Gasteiger partial charge on any atom is -0.472 e. The third kappa shape index (κ3) is 102. The van der Waals surface area contributed by atoms with Crippen LogP contribution in [0.5, 0.6) is 0 Å². The Hall–Kier alpha value is -6.19. The van der Waals surface area contributed by atoms with Crippen LogP contribution in [0.1, 0.15) is 222 Å². The number of aryl methyl sites for hydroxylation is 13. The third-order valence-corrected chi connectivity index (χ3v) is 12.7. The van der Waals surface area contributed by atoms with Gasteiger partial charge in [0.25, 0.3) is 0 Å². The highest BCUT2D eigenvalue weighted by molar-refractivity contribution is 7.12. The van der Waals surface area contributed by atoms with E-state index in [0.717, 1.165) is 33.8 Å². The van der Waals surface area contributed by atoms with E-state index in [1.165, 1.54) is 59.8 Å². The smallest absolute Gasteiger partial charge is 0.190 e. The second kappa shape index (κ2) is 104. The fourth-order valence-electron chi connectivity index (χ4n) is 3.92. The van der Waals surface area contributed by atoms with E-state index in [4.69, 9.17) is 17.7 Å². The number of thiazole rings is 3. The third-order valence-electron chi connectivity index (χ3n) is 7.43. The average molecular weight is 1450 g/mol. The van der Waals surface area contributed by atoms with Crippen LogP contribution in [0.3, 0.4) is 0 Å². The first-order valence-electron chi connectivity index (χ1n) is 33.1. The molecule has 0 unspecified atom stereocenters. The van der Waals surface area contributed by atoms with Crippen LogP contribution >= 0.6 is 79.6 Å². The summed E-state index contributed by atoms with van der Waals surface area (Å²) in [5.74, 6) is 2.54. The SMILES string of the molecule is CC.CC.CC.CC.CC.CC.CC.CC.CC.CC.CC.Cc1ccc(C)s1.Cc1ccco1.Cc1cccs1.Cc1ccns1.Cc1ccoc1.Cc1ccsc1.Cc1cnco1.Cc1cncs1.Cc1cocn1.Cc1cscn1.Cc1ncco1.Cc1nccs1. The van der Waals surface area contributed by atoms with Crippen molar-refractivity contribution < 1.29 is 22.1 Å². The van der Waals surface area contributed by atoms with Crippen LogP contribution < -0.4 is 0 Å². The Balaban J connectivity index is -0.0000000877. The summed E-state index contributed by atoms with van der Waals surface area (Å²) in [6.07, 6.45) is 19.8. The molecular weight excluding hydrogens is 1320 g/mol. The lowest BCUT2D eigenvalue weighted by Crippen LogP contribution is -1.59. The number of oxazole rings is 3. The molecule has 12 aromatic rings. The molecule has 0 fully saturated rings. The van der Waals surface area contributed by atoms with Crippen molar-refractivity contribution in [1.82, 2.24) is 34.3 Å². The summed E-state index contributed by atoms with van der Waals surface area (Å²) in [4.78, 5) is 29.6. The molecule has 0 atom stereocenters. The molecule has 0 spiro atoms. The zero-order valence-corrected chi connectivity index (χ0v) is 71.4. The van der Waals surface area contributed by atoms with Gasteiger partial charge in [-0.05, 0) is 170 Å². The number of nitrogens with zero attached hydrogens (tertiary/aromatic N) is 7. The first kappa shape index (κ1) is 113. The zero-order chi connectivity index (χ0) is 75.7. The predicted octanol–water partition coefficient (Wildman–Crippen LogP) is 29.7. The Morgan fingerprint density at radius 1 is 0.347 bits per heavy atom. The first-order chi connectivity index (χ1) is 46.1. The fraction of sp³-hybridized carbons (Fsp3) is 0.461. The fourth-order valence-corrected chi connectivity index (χ4v) is 7.70. The lowest BCUT2D eigenvalue weighted by Gasteiger charge is -1.71. The number of furan rings is 2. The molecule has 12 rings (SSSR count). The maximum atomic E-state index is 4.83. The van der Waals surface area contributed by atoms with Crippen LogP contribution in [-0.4, -0.2) is 34.3 Å². The lowest BCUT2D eigenvalue weighted by molar-refractivity contribution is 0.521. The Labute approximate surface area is 610 Å². The monoisotopic (exact) mass is 1450 g/mol. The molecule has 0 bridgehead atoms. The Morgan fingerprint density at radius 3 is 1.08 bits per heavy atom. The lowest BCUT2D eigenvalue weighted by atomic mass is 10.4. The molecule has 12 nitrogen and oxygen atoms in total. The van der Waals surface area contributed by atoms with Gasteiger partial charge in [-0.2, -0.15) is 11.3 Å². The van der Waals surface area contributed by atoms with Gasteiger partial charge in [-0.3, -0.25) is 15.0 Å². The normalized spacial score (nSPS) is 7.53. The van der Waals surface area contributed by atoms with Gasteiger partial charge in [0.05, 0.1) is 52.9 Å². The van der Waals surface area contributed by atoms with Crippen molar-refractivity contribution in [1.29, 1.82) is 0 Å². The molecule has 0 radical (unpaired) electrons. The highest BCUT2D eigenvalue weighted by atomic mass is 32.1. The van der Waals surface area contributed by atoms with E-state index in [2.05, 4.69) is 113 Å². The largest absolute Gasteiger partial charge is 0.472 e. The second-order valence-electron chi connectivity index (χ2n) is 14.4. The van der Waals surface area contributed by atoms with Crippen molar-refractivity contribution in [3.05, 3.63) is 237 Å². The predicted molar refractivity (Wildman–Crippen MR) is 435 cm³/mol. The average Bonchev–Trinajstić information content (AvgIpc) is 4.60. The molecule has 0 aromatic carbocycles. The van der Waals surface area contributed by atoms with Crippen molar-refractivity contribution >= 4 is 79.6 Å². The number of aromatic nitrogens is 7. The summed E-state index contributed by atoms with van der Waals surface area (Å²) in [6.45, 7) is 69.9. The summed E-state index contributed by atoms with van der Waals surface area (Å²) in [5, 5.41) is 11.4. The van der Waals surface area contributed by atoms with E-state index >= 15 is 0 Å². The second-order valence-corrected chi connectivity index (χ2v) is 21.8. The van der Waals surface area contributed by atoms with E-state index in [1.54, 1.807) is 120 Å². The molecule has 0 saturated heterocycles. The molecule has 12 heterocycles. The Bertz CT molecular complexity index is 2160. The Morgan fingerprint density at radius 2 is 0.958 bits per heavy atom. The van der Waals surface area contributed by atoms with Crippen LogP contribution in [0.25, 0.3) is 0 Å². The van der Waals surface area contributed by atoms with Crippen molar-refractivity contribution in [2.75, 3.05) is 0 Å². The molecule has 0 aliphatic rings. The molecule has 0 amide bonds. The maximum Gasteiger partial charge on any atom is 0.190 e. The van der Waals surface area contributed by atoms with Gasteiger partial charge in [0.15, 0.2) is 18.7 Å². The van der Waals surface area contributed by atoms with Crippen LogP contribution in [0.15, 0.2) is 190 Å². The van der Waals surface area contributed by atoms with Crippen molar-refractivity contribution in [3.8, 4) is 0 Å². The molecule has 19 heteroatoms. The topological polar surface area (TPSA) is 156 Å². The minimum atomic E-state index is 0.718. The molecule has 12 aromatic heterocycles. The molecule has 0 N–H and O–H groups in total. The van der Waals surface area contributed by atoms with E-state index in [1.807, 2.05) is 271 Å². The summed E-state index contributed by atoms with van der Waals surface area (Å²) >= 11 is 11.8. The van der Waals surface area contributed by atoms with Gasteiger partial charge in [-0.15, -0.1) is 56.7 Å². The number of hydrogen-bond acceptors (Lipinski definition) is 19. The quantitative estimate of drug-likeness (QED) is 0.142. The van der Waals surface area contributed by atoms with Gasteiger partial charge in [-0.25, -0.2) is 19.3 Å². The molecule has 0 aliphatic heterocycles. The number of rotatable bonds is 0. The molecule has 95 heavy (non-hydrogen) atoms. The number of thiophene rings is 3.